The van der Waals surface area contributed by atoms with Gasteiger partial charge in [-0.05, 0) is 38.0 Å². The minimum atomic E-state index is 0. The number of halogens is 1. The van der Waals surface area contributed by atoms with Gasteiger partial charge in [0.15, 0.2) is 5.96 Å². The molecule has 0 aromatic carbocycles. The van der Waals surface area contributed by atoms with Crippen molar-refractivity contribution in [1.82, 2.24) is 25.4 Å². The maximum Gasteiger partial charge on any atom is 0.191 e. The van der Waals surface area contributed by atoms with Gasteiger partial charge < -0.3 is 10.6 Å². The number of hydrogen-bond acceptors (Lipinski definition) is 3. The van der Waals surface area contributed by atoms with E-state index >= 15 is 0 Å². The van der Waals surface area contributed by atoms with E-state index in [1.54, 1.807) is 6.20 Å². The molecular weight excluding hydrogens is 403 g/mol. The van der Waals surface area contributed by atoms with Crippen LogP contribution in [-0.4, -0.2) is 33.8 Å². The zero-order valence-corrected chi connectivity index (χ0v) is 16.0. The van der Waals surface area contributed by atoms with Crippen LogP contribution in [0.15, 0.2) is 41.8 Å². The van der Waals surface area contributed by atoms with Crippen LogP contribution < -0.4 is 10.6 Å². The number of guanidine groups is 1. The summed E-state index contributed by atoms with van der Waals surface area (Å²) >= 11 is 0. The molecule has 0 aliphatic heterocycles. The second-order valence-electron chi connectivity index (χ2n) is 5.01. The van der Waals surface area contributed by atoms with E-state index in [1.807, 2.05) is 29.2 Å². The van der Waals surface area contributed by atoms with Crippen LogP contribution in [0.5, 0.6) is 0 Å². The van der Waals surface area contributed by atoms with Gasteiger partial charge in [0.25, 0.3) is 0 Å². The molecule has 0 fully saturated rings. The van der Waals surface area contributed by atoms with E-state index < -0.39 is 0 Å². The fourth-order valence-electron chi connectivity index (χ4n) is 2.06. The second-order valence-corrected chi connectivity index (χ2v) is 5.01. The van der Waals surface area contributed by atoms with Crippen LogP contribution in [0.3, 0.4) is 0 Å². The highest BCUT2D eigenvalue weighted by atomic mass is 127. The number of nitrogens with one attached hydrogen (secondary N) is 2. The predicted octanol–water partition coefficient (Wildman–Crippen LogP) is 2.35. The molecule has 126 valence electrons. The van der Waals surface area contributed by atoms with E-state index in [1.165, 1.54) is 5.56 Å². The molecule has 0 spiro atoms. The lowest BCUT2D eigenvalue weighted by Gasteiger charge is -2.11. The Balaban J connectivity index is 0.00000264. The number of aromatic nitrogens is 3. The van der Waals surface area contributed by atoms with E-state index in [9.17, 15) is 0 Å². The highest BCUT2D eigenvalue weighted by Crippen LogP contribution is 2.04. The average Bonchev–Trinajstić information content (AvgIpc) is 3.03. The largest absolute Gasteiger partial charge is 0.357 e. The van der Waals surface area contributed by atoms with Crippen molar-refractivity contribution in [3.8, 4) is 0 Å². The first-order chi connectivity index (χ1) is 10.8. The highest BCUT2D eigenvalue weighted by molar-refractivity contribution is 14.0. The lowest BCUT2D eigenvalue weighted by molar-refractivity contribution is 0.570. The molecule has 0 unspecified atom stereocenters. The number of pyridine rings is 1. The van der Waals surface area contributed by atoms with Crippen LogP contribution in [0.25, 0.3) is 0 Å². The molecule has 0 radical (unpaired) electrons. The van der Waals surface area contributed by atoms with E-state index in [4.69, 9.17) is 0 Å². The zero-order chi connectivity index (χ0) is 15.6. The lowest BCUT2D eigenvalue weighted by atomic mass is 10.2. The molecule has 2 rings (SSSR count). The maximum absolute atomic E-state index is 4.59. The molecule has 0 atom stereocenters. The van der Waals surface area contributed by atoms with Crippen molar-refractivity contribution >= 4 is 29.9 Å². The van der Waals surface area contributed by atoms with Crippen molar-refractivity contribution in [1.29, 1.82) is 0 Å². The SMILES string of the molecule is CCNC(=NCc1ncccc1C)NCCCn1cccn1.I. The summed E-state index contributed by atoms with van der Waals surface area (Å²) in [5, 5.41) is 10.8. The van der Waals surface area contributed by atoms with Gasteiger partial charge in [0.05, 0.1) is 12.2 Å². The summed E-state index contributed by atoms with van der Waals surface area (Å²) in [6.07, 6.45) is 6.58. The monoisotopic (exact) mass is 428 g/mol. The maximum atomic E-state index is 4.59. The molecule has 0 bridgehead atoms. The Hall–Kier alpha value is -1.64. The number of hydrogen-bond donors (Lipinski definition) is 2. The van der Waals surface area contributed by atoms with Gasteiger partial charge in [-0.3, -0.25) is 9.67 Å². The molecule has 0 saturated carbocycles. The van der Waals surface area contributed by atoms with Crippen molar-refractivity contribution in [3.05, 3.63) is 48.0 Å². The van der Waals surface area contributed by atoms with Gasteiger partial charge in [0.1, 0.15) is 0 Å². The van der Waals surface area contributed by atoms with Gasteiger partial charge in [0.2, 0.25) is 0 Å². The predicted molar refractivity (Wildman–Crippen MR) is 104 cm³/mol. The molecule has 2 heterocycles. The van der Waals surface area contributed by atoms with Gasteiger partial charge in [-0.15, -0.1) is 24.0 Å². The fourth-order valence-corrected chi connectivity index (χ4v) is 2.06. The second kappa shape index (κ2) is 11.0. The summed E-state index contributed by atoms with van der Waals surface area (Å²) in [5.74, 6) is 0.827. The van der Waals surface area contributed by atoms with E-state index in [0.717, 1.165) is 37.7 Å². The van der Waals surface area contributed by atoms with Crippen molar-refractivity contribution in [2.24, 2.45) is 4.99 Å². The van der Waals surface area contributed by atoms with E-state index in [2.05, 4.69) is 45.6 Å². The first kappa shape index (κ1) is 19.4. The molecule has 6 nitrogen and oxygen atoms in total. The molecule has 0 aliphatic carbocycles. The minimum absolute atomic E-state index is 0. The van der Waals surface area contributed by atoms with Crippen LogP contribution in [-0.2, 0) is 13.1 Å². The average molecular weight is 428 g/mol. The molecule has 0 saturated heterocycles. The first-order valence-electron chi connectivity index (χ1n) is 7.69. The van der Waals surface area contributed by atoms with Gasteiger partial charge >= 0.3 is 0 Å². The number of aryl methyl sites for hydroxylation is 2. The standard InChI is InChI=1S/C16H24N6.HI/c1-3-17-16(19-9-5-11-22-12-6-10-21-22)20-13-15-14(2)7-4-8-18-15;/h4,6-8,10,12H,3,5,9,11,13H2,1-2H3,(H2,17,19,20);1H. The third-order valence-corrected chi connectivity index (χ3v) is 3.26. The Labute approximate surface area is 154 Å². The Morgan fingerprint density at radius 2 is 2.13 bits per heavy atom. The normalized spacial score (nSPS) is 11.0. The fraction of sp³-hybridized carbons (Fsp3) is 0.438. The summed E-state index contributed by atoms with van der Waals surface area (Å²) in [5.41, 5.74) is 2.18. The third kappa shape index (κ3) is 6.98. The van der Waals surface area contributed by atoms with Crippen molar-refractivity contribution in [2.45, 2.75) is 33.4 Å². The van der Waals surface area contributed by atoms with Crippen LogP contribution in [0.4, 0.5) is 0 Å². The van der Waals surface area contributed by atoms with Gasteiger partial charge in [0, 0.05) is 38.2 Å². The molecule has 0 amide bonds. The third-order valence-electron chi connectivity index (χ3n) is 3.26. The number of aliphatic imine (C=N–C) groups is 1. The van der Waals surface area contributed by atoms with E-state index in [-0.39, 0.29) is 24.0 Å². The van der Waals surface area contributed by atoms with Crippen LogP contribution >= 0.6 is 24.0 Å². The summed E-state index contributed by atoms with van der Waals surface area (Å²) in [4.78, 5) is 8.95. The molecule has 2 N–H and O–H groups in total. The van der Waals surface area contributed by atoms with Gasteiger partial charge in [-0.1, -0.05) is 6.07 Å². The molecule has 7 heteroatoms. The van der Waals surface area contributed by atoms with E-state index in [0.29, 0.717) is 6.54 Å². The van der Waals surface area contributed by atoms with Crippen LogP contribution in [0, 0.1) is 6.92 Å². The van der Waals surface area contributed by atoms with Crippen LogP contribution in [0.2, 0.25) is 0 Å². The Morgan fingerprint density at radius 3 is 2.83 bits per heavy atom. The Morgan fingerprint density at radius 1 is 1.26 bits per heavy atom. The number of rotatable bonds is 7. The topological polar surface area (TPSA) is 67.1 Å². The van der Waals surface area contributed by atoms with Gasteiger partial charge in [-0.2, -0.15) is 5.10 Å². The summed E-state index contributed by atoms with van der Waals surface area (Å²) in [6, 6.07) is 5.94. The minimum Gasteiger partial charge on any atom is -0.357 e. The van der Waals surface area contributed by atoms with Crippen molar-refractivity contribution in [3.63, 3.8) is 0 Å². The molecule has 23 heavy (non-hydrogen) atoms. The van der Waals surface area contributed by atoms with Crippen molar-refractivity contribution in [2.75, 3.05) is 13.1 Å². The van der Waals surface area contributed by atoms with Gasteiger partial charge in [-0.25, -0.2) is 4.99 Å². The zero-order valence-electron chi connectivity index (χ0n) is 13.7. The molecule has 2 aromatic heterocycles. The summed E-state index contributed by atoms with van der Waals surface area (Å²) < 4.78 is 1.93. The first-order valence-corrected chi connectivity index (χ1v) is 7.69. The lowest BCUT2D eigenvalue weighted by Crippen LogP contribution is -2.38. The summed E-state index contributed by atoms with van der Waals surface area (Å²) in [7, 11) is 0. The smallest absolute Gasteiger partial charge is 0.191 e. The quantitative estimate of drug-likeness (QED) is 0.308. The molecule has 0 aliphatic rings. The Kier molecular flexibility index (Phi) is 9.27. The summed E-state index contributed by atoms with van der Waals surface area (Å²) in [6.45, 7) is 7.30. The van der Waals surface area contributed by atoms with Crippen LogP contribution in [0.1, 0.15) is 24.6 Å². The number of nitrogens with zero attached hydrogens (tertiary/aromatic N) is 4. The molecular formula is C16H25IN6. The van der Waals surface area contributed by atoms with Crippen molar-refractivity contribution < 1.29 is 0 Å². The Bertz CT molecular complexity index is 582. The molecule has 2 aromatic rings. The highest BCUT2D eigenvalue weighted by Gasteiger charge is 2.00.